The van der Waals surface area contributed by atoms with E-state index in [9.17, 15) is 5.11 Å². The van der Waals surface area contributed by atoms with E-state index >= 15 is 0 Å². The molecule has 0 radical (unpaired) electrons. The Hall–Kier alpha value is -2.54. The lowest BCUT2D eigenvalue weighted by atomic mass is 10.1. The van der Waals surface area contributed by atoms with E-state index in [-0.39, 0.29) is 15.8 Å². The third-order valence-corrected chi connectivity index (χ3v) is 5.87. The van der Waals surface area contributed by atoms with E-state index in [4.69, 9.17) is 23.2 Å². The molecule has 4 rings (SSSR count). The summed E-state index contributed by atoms with van der Waals surface area (Å²) in [5.41, 5.74) is 3.94. The summed E-state index contributed by atoms with van der Waals surface area (Å²) in [4.78, 5) is 8.98. The molecule has 8 heteroatoms. The van der Waals surface area contributed by atoms with Crippen molar-refractivity contribution < 1.29 is 5.11 Å². The van der Waals surface area contributed by atoms with Crippen LogP contribution in [0.5, 0.6) is 5.75 Å². The second-order valence-electron chi connectivity index (χ2n) is 7.60. The van der Waals surface area contributed by atoms with Crippen LogP contribution in [0.4, 0.5) is 11.6 Å². The van der Waals surface area contributed by atoms with Crippen LogP contribution in [0, 0.1) is 0 Å². The maximum Gasteiger partial charge on any atom is 0.223 e. The highest BCUT2D eigenvalue weighted by Gasteiger charge is 2.13. The average Bonchev–Trinajstić information content (AvgIpc) is 2.78. The number of halogens is 2. The molecule has 1 aromatic heterocycles. The summed E-state index contributed by atoms with van der Waals surface area (Å²) >= 11 is 12.0. The van der Waals surface area contributed by atoms with Crippen LogP contribution < -0.4 is 16.0 Å². The maximum atomic E-state index is 9.68. The molecule has 6 nitrogen and oxygen atoms in total. The van der Waals surface area contributed by atoms with Crippen molar-refractivity contribution in [3.63, 3.8) is 0 Å². The van der Waals surface area contributed by atoms with Crippen molar-refractivity contribution in [3.8, 4) is 17.0 Å². The van der Waals surface area contributed by atoms with Crippen molar-refractivity contribution in [2.75, 3.05) is 30.3 Å². The zero-order valence-corrected chi connectivity index (χ0v) is 18.5. The first-order valence-corrected chi connectivity index (χ1v) is 11.2. The molecule has 2 heterocycles. The molecular formula is C23H25Cl2N5O. The normalized spacial score (nSPS) is 14.4. The van der Waals surface area contributed by atoms with Crippen molar-refractivity contribution in [2.24, 2.45) is 0 Å². The third-order valence-electron chi connectivity index (χ3n) is 5.30. The number of aromatic hydroxyl groups is 1. The molecule has 3 aromatic rings. The van der Waals surface area contributed by atoms with E-state index in [0.717, 1.165) is 48.4 Å². The van der Waals surface area contributed by atoms with Gasteiger partial charge in [-0.05, 0) is 68.2 Å². The molecule has 1 fully saturated rings. The Labute approximate surface area is 192 Å². The maximum absolute atomic E-state index is 9.68. The average molecular weight is 458 g/mol. The van der Waals surface area contributed by atoms with Gasteiger partial charge in [0.2, 0.25) is 5.95 Å². The number of nitrogens with one attached hydrogen (secondary N) is 3. The van der Waals surface area contributed by atoms with E-state index in [1.165, 1.54) is 0 Å². The van der Waals surface area contributed by atoms with Crippen LogP contribution in [0.15, 0.2) is 48.7 Å². The Morgan fingerprint density at radius 2 is 1.84 bits per heavy atom. The van der Waals surface area contributed by atoms with Crippen LogP contribution in [0.2, 0.25) is 10.0 Å². The van der Waals surface area contributed by atoms with Crippen molar-refractivity contribution in [3.05, 3.63) is 64.3 Å². The first-order valence-electron chi connectivity index (χ1n) is 10.4. The Morgan fingerprint density at radius 1 is 1.06 bits per heavy atom. The molecule has 4 N–H and O–H groups in total. The van der Waals surface area contributed by atoms with E-state index < -0.39 is 0 Å². The van der Waals surface area contributed by atoms with Crippen LogP contribution in [0.25, 0.3) is 11.3 Å². The standard InChI is InChI=1S/C23H25Cl2N5O/c24-19-12-15(13-20(25)22(19)31)4-10-27-23-28-11-7-21(30-23)16-2-1-3-18(14-16)29-17-5-8-26-9-6-17/h1-3,7,11-14,17,26,29,31H,4-6,8-10H2,(H,27,28,30). The molecular weight excluding hydrogens is 433 g/mol. The van der Waals surface area contributed by atoms with Gasteiger partial charge in [-0.2, -0.15) is 0 Å². The van der Waals surface area contributed by atoms with Gasteiger partial charge in [0.05, 0.1) is 15.7 Å². The summed E-state index contributed by atoms with van der Waals surface area (Å²) in [6.07, 6.45) is 4.68. The summed E-state index contributed by atoms with van der Waals surface area (Å²) < 4.78 is 0. The predicted molar refractivity (Wildman–Crippen MR) is 127 cm³/mol. The fourth-order valence-corrected chi connectivity index (χ4v) is 4.19. The van der Waals surface area contributed by atoms with Crippen molar-refractivity contribution in [2.45, 2.75) is 25.3 Å². The first-order chi connectivity index (χ1) is 15.1. The number of anilines is 2. The number of phenolic OH excluding ortho intramolecular Hbond substituents is 1. The Bertz CT molecular complexity index is 1020. The third kappa shape index (κ3) is 5.79. The predicted octanol–water partition coefficient (Wildman–Crippen LogP) is 4.97. The van der Waals surface area contributed by atoms with Crippen LogP contribution in [-0.2, 0) is 6.42 Å². The first kappa shape index (κ1) is 21.7. The lowest BCUT2D eigenvalue weighted by Crippen LogP contribution is -2.35. The van der Waals surface area contributed by atoms with Gasteiger partial charge in [0.15, 0.2) is 5.75 Å². The van der Waals surface area contributed by atoms with Gasteiger partial charge in [0.1, 0.15) is 0 Å². The minimum absolute atomic E-state index is 0.0899. The smallest absolute Gasteiger partial charge is 0.223 e. The quantitative estimate of drug-likeness (QED) is 0.400. The molecule has 0 saturated carbocycles. The Kier molecular flexibility index (Phi) is 7.12. The molecule has 1 saturated heterocycles. The molecule has 0 bridgehead atoms. The van der Waals surface area contributed by atoms with Gasteiger partial charge in [-0.25, -0.2) is 9.97 Å². The number of hydrogen-bond acceptors (Lipinski definition) is 6. The number of hydrogen-bond donors (Lipinski definition) is 4. The molecule has 2 aromatic carbocycles. The SMILES string of the molecule is Oc1c(Cl)cc(CCNc2nccc(-c3cccc(NC4CCNCC4)c3)n2)cc1Cl. The summed E-state index contributed by atoms with van der Waals surface area (Å²) in [5.74, 6) is 0.470. The highest BCUT2D eigenvalue weighted by atomic mass is 35.5. The van der Waals surface area contributed by atoms with Crippen LogP contribution in [0.3, 0.4) is 0 Å². The van der Waals surface area contributed by atoms with Gasteiger partial charge in [-0.15, -0.1) is 0 Å². The summed E-state index contributed by atoms with van der Waals surface area (Å²) in [6, 6.07) is 14.2. The molecule has 1 aliphatic rings. The molecule has 0 spiro atoms. The molecule has 31 heavy (non-hydrogen) atoms. The van der Waals surface area contributed by atoms with Gasteiger partial charge in [0.25, 0.3) is 0 Å². The highest BCUT2D eigenvalue weighted by Crippen LogP contribution is 2.32. The molecule has 162 valence electrons. The van der Waals surface area contributed by atoms with Gasteiger partial charge >= 0.3 is 0 Å². The second kappa shape index (κ2) is 10.2. The molecule has 0 amide bonds. The number of piperidine rings is 1. The minimum Gasteiger partial charge on any atom is -0.505 e. The van der Waals surface area contributed by atoms with Crippen molar-refractivity contribution in [1.29, 1.82) is 0 Å². The molecule has 0 aliphatic carbocycles. The van der Waals surface area contributed by atoms with E-state index in [0.29, 0.717) is 25.0 Å². The lowest BCUT2D eigenvalue weighted by Gasteiger charge is -2.24. The molecule has 0 unspecified atom stereocenters. The lowest BCUT2D eigenvalue weighted by molar-refractivity contribution is 0.475. The van der Waals surface area contributed by atoms with Gasteiger partial charge in [0, 0.05) is 30.0 Å². The fraction of sp³-hybridized carbons (Fsp3) is 0.304. The molecule has 1 aliphatic heterocycles. The van der Waals surface area contributed by atoms with Crippen molar-refractivity contribution in [1.82, 2.24) is 15.3 Å². The zero-order valence-electron chi connectivity index (χ0n) is 17.0. The Balaban J connectivity index is 1.39. The molecule has 0 atom stereocenters. The zero-order chi connectivity index (χ0) is 21.6. The van der Waals surface area contributed by atoms with Crippen molar-refractivity contribution >= 4 is 34.8 Å². The van der Waals surface area contributed by atoms with Gasteiger partial charge < -0.3 is 21.1 Å². The van der Waals surface area contributed by atoms with E-state index in [1.807, 2.05) is 12.1 Å². The second-order valence-corrected chi connectivity index (χ2v) is 8.41. The topological polar surface area (TPSA) is 82.1 Å². The fourth-order valence-electron chi connectivity index (χ4n) is 3.66. The Morgan fingerprint density at radius 3 is 2.61 bits per heavy atom. The number of rotatable bonds is 7. The number of nitrogens with zero attached hydrogens (tertiary/aromatic N) is 2. The van der Waals surface area contributed by atoms with E-state index in [2.05, 4.69) is 44.1 Å². The van der Waals surface area contributed by atoms with Gasteiger partial charge in [-0.3, -0.25) is 0 Å². The monoisotopic (exact) mass is 457 g/mol. The van der Waals surface area contributed by atoms with Crippen LogP contribution >= 0.6 is 23.2 Å². The van der Waals surface area contributed by atoms with E-state index in [1.54, 1.807) is 18.3 Å². The summed E-state index contributed by atoms with van der Waals surface area (Å²) in [6.45, 7) is 2.72. The van der Waals surface area contributed by atoms with Crippen LogP contribution in [-0.4, -0.2) is 40.8 Å². The summed E-state index contributed by atoms with van der Waals surface area (Å²) in [7, 11) is 0. The largest absolute Gasteiger partial charge is 0.505 e. The number of aromatic nitrogens is 2. The van der Waals surface area contributed by atoms with Crippen LogP contribution in [0.1, 0.15) is 18.4 Å². The summed E-state index contributed by atoms with van der Waals surface area (Å²) in [5, 5.41) is 20.4. The number of benzene rings is 2. The number of phenols is 1. The van der Waals surface area contributed by atoms with Gasteiger partial charge in [-0.1, -0.05) is 35.3 Å². The minimum atomic E-state index is -0.0899. The highest BCUT2D eigenvalue weighted by molar-refractivity contribution is 6.37.